The Morgan fingerprint density at radius 2 is 1.91 bits per heavy atom. The number of ether oxygens (including phenoxy) is 2. The van der Waals surface area contributed by atoms with Crippen molar-refractivity contribution in [2.45, 2.75) is 32.4 Å². The summed E-state index contributed by atoms with van der Waals surface area (Å²) in [5.41, 5.74) is 1.67. The molecule has 1 aromatic carbocycles. The van der Waals surface area contributed by atoms with Crippen molar-refractivity contribution in [1.82, 2.24) is 14.9 Å². The highest BCUT2D eigenvalue weighted by Gasteiger charge is 2.42. The lowest BCUT2D eigenvalue weighted by molar-refractivity contribution is -0.148. The molecular formula is C24H19F4N3O4. The SMILES string of the molecule is Cc1cc(CN2Cc3c(ccnc3C(=O)Oc3ccccc3)C2=O)cnc1OCC(F)(F)C(F)F. The van der Waals surface area contributed by atoms with Crippen molar-refractivity contribution in [2.75, 3.05) is 6.61 Å². The number of amides is 1. The normalized spacial score (nSPS) is 13.2. The Labute approximate surface area is 197 Å². The summed E-state index contributed by atoms with van der Waals surface area (Å²) in [6, 6.07) is 11.5. The van der Waals surface area contributed by atoms with Crippen molar-refractivity contribution in [1.29, 1.82) is 0 Å². The first-order valence-electron chi connectivity index (χ1n) is 10.4. The van der Waals surface area contributed by atoms with E-state index in [-0.39, 0.29) is 30.6 Å². The molecule has 0 aliphatic carbocycles. The van der Waals surface area contributed by atoms with E-state index >= 15 is 0 Å². The number of esters is 1. The summed E-state index contributed by atoms with van der Waals surface area (Å²) in [6.07, 6.45) is -1.19. The van der Waals surface area contributed by atoms with Crippen LogP contribution in [0.2, 0.25) is 0 Å². The number of fused-ring (bicyclic) bond motifs is 1. The molecule has 0 spiro atoms. The van der Waals surface area contributed by atoms with Crippen molar-refractivity contribution < 1.29 is 36.6 Å². The number of nitrogens with zero attached hydrogens (tertiary/aromatic N) is 3. The molecule has 7 nitrogen and oxygen atoms in total. The Balaban J connectivity index is 1.46. The number of hydrogen-bond donors (Lipinski definition) is 0. The maximum atomic E-state index is 13.1. The highest BCUT2D eigenvalue weighted by Crippen LogP contribution is 2.29. The largest absolute Gasteiger partial charge is 0.471 e. The second kappa shape index (κ2) is 9.69. The molecule has 0 fully saturated rings. The molecule has 0 saturated heterocycles. The average molecular weight is 489 g/mol. The minimum absolute atomic E-state index is 0.0280. The lowest BCUT2D eigenvalue weighted by Gasteiger charge is -2.18. The number of carbonyl (C=O) groups excluding carboxylic acids is 2. The van der Waals surface area contributed by atoms with Gasteiger partial charge >= 0.3 is 18.3 Å². The van der Waals surface area contributed by atoms with Gasteiger partial charge in [0.2, 0.25) is 5.88 Å². The zero-order valence-electron chi connectivity index (χ0n) is 18.4. The second-order valence-electron chi connectivity index (χ2n) is 7.87. The molecular weight excluding hydrogens is 470 g/mol. The van der Waals surface area contributed by atoms with Crippen LogP contribution in [0.4, 0.5) is 17.6 Å². The first-order chi connectivity index (χ1) is 16.7. The molecule has 182 valence electrons. The predicted molar refractivity (Wildman–Crippen MR) is 115 cm³/mol. The highest BCUT2D eigenvalue weighted by molar-refractivity contribution is 6.02. The quantitative estimate of drug-likeness (QED) is 0.264. The number of aromatic nitrogens is 2. The maximum Gasteiger partial charge on any atom is 0.362 e. The number of hydrogen-bond acceptors (Lipinski definition) is 6. The highest BCUT2D eigenvalue weighted by atomic mass is 19.3. The number of aryl methyl sites for hydroxylation is 1. The van der Waals surface area contributed by atoms with Crippen LogP contribution in [0.25, 0.3) is 0 Å². The van der Waals surface area contributed by atoms with Gasteiger partial charge in [-0.2, -0.15) is 8.78 Å². The van der Waals surface area contributed by atoms with Gasteiger partial charge < -0.3 is 14.4 Å². The van der Waals surface area contributed by atoms with Crippen LogP contribution in [0.1, 0.15) is 37.5 Å². The smallest absolute Gasteiger partial charge is 0.362 e. The molecule has 0 bridgehead atoms. The van der Waals surface area contributed by atoms with E-state index in [1.165, 1.54) is 30.3 Å². The van der Waals surface area contributed by atoms with Crippen LogP contribution in [0, 0.1) is 6.92 Å². The molecule has 0 radical (unpaired) electrons. The van der Waals surface area contributed by atoms with Crippen molar-refractivity contribution in [3.05, 3.63) is 82.8 Å². The third kappa shape index (κ3) is 5.23. The minimum Gasteiger partial charge on any atom is -0.471 e. The van der Waals surface area contributed by atoms with Gasteiger partial charge in [-0.15, -0.1) is 0 Å². The molecule has 1 aliphatic rings. The number of benzene rings is 1. The predicted octanol–water partition coefficient (Wildman–Crippen LogP) is 4.44. The molecule has 0 unspecified atom stereocenters. The van der Waals surface area contributed by atoms with Crippen LogP contribution in [-0.2, 0) is 13.1 Å². The van der Waals surface area contributed by atoms with E-state index in [0.717, 1.165) is 0 Å². The van der Waals surface area contributed by atoms with Crippen molar-refractivity contribution >= 4 is 11.9 Å². The summed E-state index contributed by atoms with van der Waals surface area (Å²) in [5.74, 6) is -5.19. The third-order valence-corrected chi connectivity index (χ3v) is 5.25. The molecule has 3 heterocycles. The Hall–Kier alpha value is -4.02. The first-order valence-corrected chi connectivity index (χ1v) is 10.4. The third-order valence-electron chi connectivity index (χ3n) is 5.25. The Morgan fingerprint density at radius 3 is 2.60 bits per heavy atom. The molecule has 1 aliphatic heterocycles. The van der Waals surface area contributed by atoms with E-state index in [4.69, 9.17) is 9.47 Å². The first kappa shape index (κ1) is 24.1. The fourth-order valence-corrected chi connectivity index (χ4v) is 3.54. The van der Waals surface area contributed by atoms with Gasteiger partial charge in [0.15, 0.2) is 12.3 Å². The number of alkyl halides is 4. The molecule has 1 amide bonds. The zero-order valence-corrected chi connectivity index (χ0v) is 18.4. The van der Waals surface area contributed by atoms with Crippen molar-refractivity contribution in [3.63, 3.8) is 0 Å². The molecule has 3 aromatic rings. The van der Waals surface area contributed by atoms with Gasteiger partial charge in [-0.05, 0) is 36.8 Å². The lowest BCUT2D eigenvalue weighted by atomic mass is 10.1. The van der Waals surface area contributed by atoms with Crippen LogP contribution < -0.4 is 9.47 Å². The molecule has 4 rings (SSSR count). The van der Waals surface area contributed by atoms with E-state index in [0.29, 0.717) is 28.0 Å². The molecule has 0 atom stereocenters. The van der Waals surface area contributed by atoms with Crippen LogP contribution in [0.15, 0.2) is 54.9 Å². The number of halogens is 4. The van der Waals surface area contributed by atoms with Crippen LogP contribution in [0.5, 0.6) is 11.6 Å². The fourth-order valence-electron chi connectivity index (χ4n) is 3.54. The summed E-state index contributed by atoms with van der Waals surface area (Å²) < 4.78 is 61.0. The van der Waals surface area contributed by atoms with E-state index in [9.17, 15) is 27.2 Å². The standard InChI is InChI=1S/C24H19F4N3O4/c1-14-9-15(10-30-20(14)34-13-24(27,28)23(25)26)11-31-12-18-17(21(31)32)7-8-29-19(18)22(33)35-16-5-3-2-4-6-16/h2-10,23H,11-13H2,1H3. The molecule has 35 heavy (non-hydrogen) atoms. The van der Waals surface area contributed by atoms with E-state index in [2.05, 4.69) is 9.97 Å². The van der Waals surface area contributed by atoms with Gasteiger partial charge in [-0.3, -0.25) is 4.79 Å². The zero-order chi connectivity index (χ0) is 25.2. The Morgan fingerprint density at radius 1 is 1.17 bits per heavy atom. The van der Waals surface area contributed by atoms with E-state index in [1.54, 1.807) is 36.4 Å². The molecule has 0 saturated carbocycles. The fraction of sp³-hybridized carbons (Fsp3) is 0.250. The van der Waals surface area contributed by atoms with Gasteiger partial charge in [0.1, 0.15) is 5.75 Å². The summed E-state index contributed by atoms with van der Waals surface area (Å²) in [6.45, 7) is 0.211. The van der Waals surface area contributed by atoms with Gasteiger partial charge in [-0.25, -0.2) is 23.5 Å². The molecule has 11 heteroatoms. The summed E-state index contributed by atoms with van der Waals surface area (Å²) in [7, 11) is 0. The van der Waals surface area contributed by atoms with Crippen LogP contribution in [-0.4, -0.2) is 45.7 Å². The van der Waals surface area contributed by atoms with E-state index < -0.39 is 24.9 Å². The number of rotatable bonds is 8. The Kier molecular flexibility index (Phi) is 6.68. The summed E-state index contributed by atoms with van der Waals surface area (Å²) in [5, 5.41) is 0. The van der Waals surface area contributed by atoms with Crippen LogP contribution >= 0.6 is 0 Å². The monoisotopic (exact) mass is 489 g/mol. The number of pyridine rings is 2. The minimum atomic E-state index is -4.30. The summed E-state index contributed by atoms with van der Waals surface area (Å²) in [4.78, 5) is 35.1. The summed E-state index contributed by atoms with van der Waals surface area (Å²) >= 11 is 0. The lowest BCUT2D eigenvalue weighted by Crippen LogP contribution is -2.34. The Bertz CT molecular complexity index is 1250. The van der Waals surface area contributed by atoms with Gasteiger partial charge in [0.25, 0.3) is 5.91 Å². The second-order valence-corrected chi connectivity index (χ2v) is 7.87. The number of carbonyl (C=O) groups is 2. The number of para-hydroxylation sites is 1. The van der Waals surface area contributed by atoms with Crippen LogP contribution in [0.3, 0.4) is 0 Å². The van der Waals surface area contributed by atoms with Crippen molar-refractivity contribution in [2.24, 2.45) is 0 Å². The van der Waals surface area contributed by atoms with Gasteiger partial charge in [-0.1, -0.05) is 18.2 Å². The average Bonchev–Trinajstić information content (AvgIpc) is 3.14. The molecule has 2 aromatic heterocycles. The molecule has 0 N–H and O–H groups in total. The van der Waals surface area contributed by atoms with Crippen molar-refractivity contribution in [3.8, 4) is 11.6 Å². The van der Waals surface area contributed by atoms with Gasteiger partial charge in [0, 0.05) is 42.2 Å². The maximum absolute atomic E-state index is 13.1. The van der Waals surface area contributed by atoms with Gasteiger partial charge in [0.05, 0.1) is 0 Å². The van der Waals surface area contributed by atoms with E-state index in [1.807, 2.05) is 0 Å². The topological polar surface area (TPSA) is 81.6 Å².